The monoisotopic (exact) mass is 273 g/mol. The maximum absolute atomic E-state index is 11.9. The van der Waals surface area contributed by atoms with Crippen LogP contribution in [0.25, 0.3) is 5.69 Å². The molecule has 0 bridgehead atoms. The molecule has 5 heteroatoms. The molecule has 0 fully saturated rings. The molecule has 0 aliphatic rings. The minimum atomic E-state index is -0.409. The quantitative estimate of drug-likeness (QED) is 0.924. The average molecular weight is 273 g/mol. The lowest BCUT2D eigenvalue weighted by Crippen LogP contribution is -2.24. The van der Waals surface area contributed by atoms with E-state index in [0.717, 1.165) is 17.1 Å². The molecule has 2 aromatic rings. The van der Waals surface area contributed by atoms with Crippen molar-refractivity contribution in [3.63, 3.8) is 0 Å². The molecule has 2 N–H and O–H groups in total. The third kappa shape index (κ3) is 2.72. The van der Waals surface area contributed by atoms with Gasteiger partial charge in [0.05, 0.1) is 6.61 Å². The standard InChI is InChI=1S/C15H19N3O2/c1-4-20-14-8-6-5-7-12(14)18-10(2)9-13(19)15(17-18)11(3)16/h5-9,11H,4,16H2,1-3H3. The van der Waals surface area contributed by atoms with Gasteiger partial charge in [0, 0.05) is 17.8 Å². The van der Waals surface area contributed by atoms with E-state index in [1.807, 2.05) is 38.1 Å². The first-order chi connectivity index (χ1) is 9.54. The second-order valence-corrected chi connectivity index (χ2v) is 4.64. The number of benzene rings is 1. The molecule has 0 saturated carbocycles. The summed E-state index contributed by atoms with van der Waals surface area (Å²) < 4.78 is 7.31. The molecule has 2 rings (SSSR count). The number of hydrogen-bond acceptors (Lipinski definition) is 4. The highest BCUT2D eigenvalue weighted by molar-refractivity contribution is 5.46. The Kier molecular flexibility index (Phi) is 4.20. The Bertz CT molecular complexity index is 662. The van der Waals surface area contributed by atoms with Gasteiger partial charge in [0.2, 0.25) is 5.43 Å². The van der Waals surface area contributed by atoms with E-state index >= 15 is 0 Å². The van der Waals surface area contributed by atoms with Crippen molar-refractivity contribution in [3.8, 4) is 11.4 Å². The smallest absolute Gasteiger partial charge is 0.205 e. The first kappa shape index (κ1) is 14.3. The van der Waals surface area contributed by atoms with Crippen LogP contribution in [0.1, 0.15) is 31.3 Å². The van der Waals surface area contributed by atoms with Gasteiger partial charge in [0.25, 0.3) is 0 Å². The molecule has 1 heterocycles. The Morgan fingerprint density at radius 2 is 2.10 bits per heavy atom. The summed E-state index contributed by atoms with van der Waals surface area (Å²) in [7, 11) is 0. The topological polar surface area (TPSA) is 70.1 Å². The number of rotatable bonds is 4. The van der Waals surface area contributed by atoms with E-state index in [-0.39, 0.29) is 5.43 Å². The van der Waals surface area contributed by atoms with Crippen LogP contribution in [0, 0.1) is 6.92 Å². The van der Waals surface area contributed by atoms with Crippen LogP contribution < -0.4 is 15.9 Å². The zero-order chi connectivity index (χ0) is 14.7. The van der Waals surface area contributed by atoms with Crippen molar-refractivity contribution in [2.45, 2.75) is 26.8 Å². The summed E-state index contributed by atoms with van der Waals surface area (Å²) in [6.07, 6.45) is 0. The number of hydrogen-bond donors (Lipinski definition) is 1. The van der Waals surface area contributed by atoms with Crippen molar-refractivity contribution < 1.29 is 4.74 Å². The van der Waals surface area contributed by atoms with Gasteiger partial charge in [-0.2, -0.15) is 5.10 Å². The molecule has 0 radical (unpaired) electrons. The maximum Gasteiger partial charge on any atom is 0.205 e. The van der Waals surface area contributed by atoms with Crippen molar-refractivity contribution in [2.24, 2.45) is 5.73 Å². The van der Waals surface area contributed by atoms with E-state index < -0.39 is 6.04 Å². The molecular weight excluding hydrogens is 254 g/mol. The zero-order valence-electron chi connectivity index (χ0n) is 12.0. The molecule has 0 aliphatic carbocycles. The zero-order valence-corrected chi connectivity index (χ0v) is 12.0. The summed E-state index contributed by atoms with van der Waals surface area (Å²) >= 11 is 0. The van der Waals surface area contributed by atoms with E-state index in [0.29, 0.717) is 12.3 Å². The number of nitrogens with two attached hydrogens (primary N) is 1. The summed E-state index contributed by atoms with van der Waals surface area (Å²) in [5.74, 6) is 0.727. The van der Waals surface area contributed by atoms with Crippen molar-refractivity contribution in [1.29, 1.82) is 0 Å². The molecular formula is C15H19N3O2. The Hall–Kier alpha value is -2.14. The van der Waals surface area contributed by atoms with Gasteiger partial charge in [0.15, 0.2) is 0 Å². The van der Waals surface area contributed by atoms with E-state index in [1.54, 1.807) is 17.7 Å². The third-order valence-corrected chi connectivity index (χ3v) is 2.96. The summed E-state index contributed by atoms with van der Waals surface area (Å²) in [5.41, 5.74) is 7.56. The summed E-state index contributed by atoms with van der Waals surface area (Å²) in [6, 6.07) is 8.73. The van der Waals surface area contributed by atoms with Crippen molar-refractivity contribution in [1.82, 2.24) is 9.78 Å². The lowest BCUT2D eigenvalue weighted by molar-refractivity contribution is 0.338. The van der Waals surface area contributed by atoms with Gasteiger partial charge < -0.3 is 10.5 Å². The van der Waals surface area contributed by atoms with Crippen LogP contribution in [0.4, 0.5) is 0 Å². The largest absolute Gasteiger partial charge is 0.492 e. The lowest BCUT2D eigenvalue weighted by Gasteiger charge is -2.16. The van der Waals surface area contributed by atoms with Gasteiger partial charge in [-0.3, -0.25) is 4.79 Å². The minimum Gasteiger partial charge on any atom is -0.492 e. The predicted molar refractivity (Wildman–Crippen MR) is 78.3 cm³/mol. The van der Waals surface area contributed by atoms with Gasteiger partial charge in [-0.15, -0.1) is 0 Å². The van der Waals surface area contributed by atoms with Gasteiger partial charge in [0.1, 0.15) is 17.1 Å². The Morgan fingerprint density at radius 3 is 2.75 bits per heavy atom. The molecule has 0 spiro atoms. The van der Waals surface area contributed by atoms with Gasteiger partial charge >= 0.3 is 0 Å². The van der Waals surface area contributed by atoms with Gasteiger partial charge in [-0.05, 0) is 32.9 Å². The first-order valence-corrected chi connectivity index (χ1v) is 6.63. The maximum atomic E-state index is 11.9. The minimum absolute atomic E-state index is 0.136. The molecule has 1 aromatic heterocycles. The van der Waals surface area contributed by atoms with Crippen LogP contribution in [-0.4, -0.2) is 16.4 Å². The van der Waals surface area contributed by atoms with Crippen LogP contribution in [0.2, 0.25) is 0 Å². The fraction of sp³-hybridized carbons (Fsp3) is 0.333. The van der Waals surface area contributed by atoms with Crippen LogP contribution in [-0.2, 0) is 0 Å². The molecule has 1 unspecified atom stereocenters. The number of aryl methyl sites for hydroxylation is 1. The predicted octanol–water partition coefficient (Wildman–Crippen LogP) is 1.96. The summed E-state index contributed by atoms with van der Waals surface area (Å²) in [4.78, 5) is 11.9. The van der Waals surface area contributed by atoms with Gasteiger partial charge in [-0.1, -0.05) is 12.1 Å². The van der Waals surface area contributed by atoms with Crippen LogP contribution >= 0.6 is 0 Å². The number of ether oxygens (including phenoxy) is 1. The fourth-order valence-corrected chi connectivity index (χ4v) is 2.03. The molecule has 0 aliphatic heterocycles. The van der Waals surface area contributed by atoms with Crippen LogP contribution in [0.3, 0.4) is 0 Å². The third-order valence-electron chi connectivity index (χ3n) is 2.96. The van der Waals surface area contributed by atoms with Crippen molar-refractivity contribution in [2.75, 3.05) is 6.61 Å². The molecule has 1 aromatic carbocycles. The van der Waals surface area contributed by atoms with Crippen LogP contribution in [0.15, 0.2) is 35.1 Å². The van der Waals surface area contributed by atoms with E-state index in [1.165, 1.54) is 0 Å². The summed E-state index contributed by atoms with van der Waals surface area (Å²) in [5, 5.41) is 4.38. The van der Waals surface area contributed by atoms with Gasteiger partial charge in [-0.25, -0.2) is 4.68 Å². The normalized spacial score (nSPS) is 12.2. The molecule has 5 nitrogen and oxygen atoms in total. The molecule has 0 saturated heterocycles. The van der Waals surface area contributed by atoms with Crippen LogP contribution in [0.5, 0.6) is 5.75 Å². The number of aromatic nitrogens is 2. The van der Waals surface area contributed by atoms with E-state index in [2.05, 4.69) is 5.10 Å². The Balaban J connectivity index is 2.63. The molecule has 1 atom stereocenters. The highest BCUT2D eigenvalue weighted by Crippen LogP contribution is 2.22. The molecule has 106 valence electrons. The second kappa shape index (κ2) is 5.88. The first-order valence-electron chi connectivity index (χ1n) is 6.63. The SMILES string of the molecule is CCOc1ccccc1-n1nc(C(C)N)c(=O)cc1C. The summed E-state index contributed by atoms with van der Waals surface area (Å²) in [6.45, 7) is 6.08. The molecule has 20 heavy (non-hydrogen) atoms. The number of nitrogens with zero attached hydrogens (tertiary/aromatic N) is 2. The Morgan fingerprint density at radius 1 is 1.40 bits per heavy atom. The Labute approximate surface area is 118 Å². The fourth-order valence-electron chi connectivity index (χ4n) is 2.03. The average Bonchev–Trinajstić information content (AvgIpc) is 2.40. The molecule has 0 amide bonds. The van der Waals surface area contributed by atoms with Crippen molar-refractivity contribution in [3.05, 3.63) is 51.9 Å². The highest BCUT2D eigenvalue weighted by Gasteiger charge is 2.13. The number of para-hydroxylation sites is 2. The highest BCUT2D eigenvalue weighted by atomic mass is 16.5. The lowest BCUT2D eigenvalue weighted by atomic mass is 10.2. The van der Waals surface area contributed by atoms with E-state index in [9.17, 15) is 4.79 Å². The second-order valence-electron chi connectivity index (χ2n) is 4.64. The van der Waals surface area contributed by atoms with E-state index in [4.69, 9.17) is 10.5 Å². The van der Waals surface area contributed by atoms with Crippen molar-refractivity contribution >= 4 is 0 Å².